The standard InChI is InChI=1S/C19H21N3O4/c1-11-4-5-15-13(8-11)9-14(12(2)21-15)19(25)22-7-6-20-18(24)16(22)10-17(23)26-3/h4-5,8-9,16H,6-7,10H2,1-3H3,(H,20,24)/t16-/m1/s1. The number of amides is 2. The summed E-state index contributed by atoms with van der Waals surface area (Å²) in [7, 11) is 1.26. The normalized spacial score (nSPS) is 17.1. The molecule has 2 heterocycles. The predicted molar refractivity (Wildman–Crippen MR) is 95.7 cm³/mol. The van der Waals surface area contributed by atoms with Crippen molar-refractivity contribution in [1.82, 2.24) is 15.2 Å². The number of esters is 1. The number of rotatable bonds is 3. The lowest BCUT2D eigenvalue weighted by atomic mass is 10.0. The molecule has 0 aliphatic carbocycles. The fourth-order valence-corrected chi connectivity index (χ4v) is 3.17. The number of nitrogens with zero attached hydrogens (tertiary/aromatic N) is 2. The lowest BCUT2D eigenvalue weighted by Crippen LogP contribution is -2.58. The Kier molecular flexibility index (Phi) is 4.88. The fourth-order valence-electron chi connectivity index (χ4n) is 3.17. The largest absolute Gasteiger partial charge is 0.469 e. The summed E-state index contributed by atoms with van der Waals surface area (Å²) in [4.78, 5) is 42.9. The quantitative estimate of drug-likeness (QED) is 0.840. The van der Waals surface area contributed by atoms with Gasteiger partial charge in [-0.2, -0.15) is 0 Å². The molecule has 1 aliphatic heterocycles. The Hall–Kier alpha value is -2.96. The zero-order chi connectivity index (χ0) is 18.8. The van der Waals surface area contributed by atoms with Gasteiger partial charge in [-0.25, -0.2) is 0 Å². The van der Waals surface area contributed by atoms with Crippen LogP contribution in [0.25, 0.3) is 10.9 Å². The number of methoxy groups -OCH3 is 1. The van der Waals surface area contributed by atoms with Gasteiger partial charge in [0.05, 0.1) is 30.3 Å². The Labute approximate surface area is 151 Å². The third-order valence-corrected chi connectivity index (χ3v) is 4.57. The maximum Gasteiger partial charge on any atom is 0.308 e. The van der Waals surface area contributed by atoms with Crippen LogP contribution >= 0.6 is 0 Å². The van der Waals surface area contributed by atoms with Gasteiger partial charge in [0.2, 0.25) is 5.91 Å². The Balaban J connectivity index is 1.98. The van der Waals surface area contributed by atoms with Crippen LogP contribution in [0.15, 0.2) is 24.3 Å². The van der Waals surface area contributed by atoms with Gasteiger partial charge in [0.1, 0.15) is 6.04 Å². The van der Waals surface area contributed by atoms with E-state index < -0.39 is 12.0 Å². The summed E-state index contributed by atoms with van der Waals surface area (Å²) in [6.45, 7) is 4.42. The summed E-state index contributed by atoms with van der Waals surface area (Å²) in [6, 6.07) is 6.77. The second-order valence-electron chi connectivity index (χ2n) is 6.40. The minimum absolute atomic E-state index is 0.173. The number of fused-ring (bicyclic) bond motifs is 1. The van der Waals surface area contributed by atoms with E-state index in [1.807, 2.05) is 25.1 Å². The van der Waals surface area contributed by atoms with Crippen LogP contribution in [0.2, 0.25) is 0 Å². The first-order chi connectivity index (χ1) is 12.4. The van der Waals surface area contributed by atoms with Crippen molar-refractivity contribution in [3.63, 3.8) is 0 Å². The molecule has 0 radical (unpaired) electrons. The Morgan fingerprint density at radius 2 is 2.08 bits per heavy atom. The van der Waals surface area contributed by atoms with Crippen molar-refractivity contribution in [2.75, 3.05) is 20.2 Å². The summed E-state index contributed by atoms with van der Waals surface area (Å²) in [6.07, 6.45) is -0.173. The summed E-state index contributed by atoms with van der Waals surface area (Å²) < 4.78 is 4.66. The average Bonchev–Trinajstić information content (AvgIpc) is 2.62. The van der Waals surface area contributed by atoms with Crippen molar-refractivity contribution in [3.05, 3.63) is 41.1 Å². The smallest absolute Gasteiger partial charge is 0.308 e. The molecular weight excluding hydrogens is 334 g/mol. The van der Waals surface area contributed by atoms with Gasteiger partial charge >= 0.3 is 5.97 Å². The highest BCUT2D eigenvalue weighted by molar-refractivity contribution is 6.02. The zero-order valence-electron chi connectivity index (χ0n) is 15.0. The molecule has 1 aromatic carbocycles. The zero-order valence-corrected chi connectivity index (χ0v) is 15.0. The van der Waals surface area contributed by atoms with Crippen LogP contribution in [0.4, 0.5) is 0 Å². The molecule has 1 saturated heterocycles. The second-order valence-corrected chi connectivity index (χ2v) is 6.40. The van der Waals surface area contributed by atoms with Crippen LogP contribution in [0.1, 0.15) is 28.0 Å². The van der Waals surface area contributed by atoms with Gasteiger partial charge in [0.15, 0.2) is 0 Å². The van der Waals surface area contributed by atoms with Crippen molar-refractivity contribution in [3.8, 4) is 0 Å². The van der Waals surface area contributed by atoms with Crippen LogP contribution in [0.3, 0.4) is 0 Å². The highest BCUT2D eigenvalue weighted by Crippen LogP contribution is 2.21. The molecule has 26 heavy (non-hydrogen) atoms. The summed E-state index contributed by atoms with van der Waals surface area (Å²) in [5.41, 5.74) is 2.91. The van der Waals surface area contributed by atoms with E-state index >= 15 is 0 Å². The molecule has 1 fully saturated rings. The van der Waals surface area contributed by atoms with E-state index in [4.69, 9.17) is 0 Å². The van der Waals surface area contributed by atoms with Crippen LogP contribution < -0.4 is 5.32 Å². The predicted octanol–water partition coefficient (Wildman–Crippen LogP) is 1.36. The first kappa shape index (κ1) is 17.8. The van der Waals surface area contributed by atoms with E-state index in [1.165, 1.54) is 12.0 Å². The number of carbonyl (C=O) groups is 3. The molecular formula is C19H21N3O4. The number of ether oxygens (including phenoxy) is 1. The Morgan fingerprint density at radius 3 is 2.81 bits per heavy atom. The van der Waals surface area contributed by atoms with Crippen molar-refractivity contribution in [2.45, 2.75) is 26.3 Å². The number of pyridine rings is 1. The van der Waals surface area contributed by atoms with Crippen LogP contribution in [0.5, 0.6) is 0 Å². The van der Waals surface area contributed by atoms with Gasteiger partial charge in [0, 0.05) is 18.5 Å². The number of nitrogens with one attached hydrogen (secondary N) is 1. The second kappa shape index (κ2) is 7.11. The number of carbonyl (C=O) groups excluding carboxylic acids is 3. The molecule has 136 valence electrons. The maximum atomic E-state index is 13.1. The number of aryl methyl sites for hydroxylation is 2. The van der Waals surface area contributed by atoms with E-state index in [1.54, 1.807) is 13.0 Å². The maximum absolute atomic E-state index is 13.1. The molecule has 3 rings (SSSR count). The molecule has 1 aromatic heterocycles. The first-order valence-electron chi connectivity index (χ1n) is 8.44. The topological polar surface area (TPSA) is 88.6 Å². The Bertz CT molecular complexity index is 894. The van der Waals surface area contributed by atoms with Gasteiger partial charge in [-0.05, 0) is 32.0 Å². The Morgan fingerprint density at radius 1 is 1.31 bits per heavy atom. The number of piperazine rings is 1. The van der Waals surface area contributed by atoms with E-state index in [2.05, 4.69) is 15.0 Å². The molecule has 7 heteroatoms. The van der Waals surface area contributed by atoms with Gasteiger partial charge in [-0.3, -0.25) is 19.4 Å². The van der Waals surface area contributed by atoms with Crippen molar-refractivity contribution >= 4 is 28.7 Å². The van der Waals surface area contributed by atoms with E-state index in [0.717, 1.165) is 16.5 Å². The molecule has 1 N–H and O–H groups in total. The summed E-state index contributed by atoms with van der Waals surface area (Å²) in [5.74, 6) is -1.19. The number of hydrogen-bond donors (Lipinski definition) is 1. The molecule has 7 nitrogen and oxygen atoms in total. The van der Waals surface area contributed by atoms with Gasteiger partial charge in [-0.1, -0.05) is 11.6 Å². The van der Waals surface area contributed by atoms with Crippen molar-refractivity contribution < 1.29 is 19.1 Å². The summed E-state index contributed by atoms with van der Waals surface area (Å²) >= 11 is 0. The minimum Gasteiger partial charge on any atom is -0.469 e. The molecule has 1 aliphatic rings. The van der Waals surface area contributed by atoms with E-state index in [0.29, 0.717) is 24.3 Å². The molecule has 0 spiro atoms. The van der Waals surface area contributed by atoms with Crippen molar-refractivity contribution in [1.29, 1.82) is 0 Å². The van der Waals surface area contributed by atoms with E-state index in [-0.39, 0.29) is 18.2 Å². The molecule has 0 unspecified atom stereocenters. The van der Waals surface area contributed by atoms with Crippen LogP contribution in [-0.4, -0.2) is 53.9 Å². The molecule has 1 atom stereocenters. The number of aromatic nitrogens is 1. The van der Waals surface area contributed by atoms with Crippen LogP contribution in [-0.2, 0) is 14.3 Å². The lowest BCUT2D eigenvalue weighted by molar-refractivity contribution is -0.145. The molecule has 2 aromatic rings. The van der Waals surface area contributed by atoms with Crippen LogP contribution in [0, 0.1) is 13.8 Å². The minimum atomic E-state index is -0.878. The molecule has 0 bridgehead atoms. The lowest BCUT2D eigenvalue weighted by Gasteiger charge is -2.34. The van der Waals surface area contributed by atoms with Gasteiger partial charge < -0.3 is 15.0 Å². The highest BCUT2D eigenvalue weighted by Gasteiger charge is 2.36. The third-order valence-electron chi connectivity index (χ3n) is 4.57. The van der Waals surface area contributed by atoms with Gasteiger partial charge in [0.25, 0.3) is 5.91 Å². The van der Waals surface area contributed by atoms with Gasteiger partial charge in [-0.15, -0.1) is 0 Å². The summed E-state index contributed by atoms with van der Waals surface area (Å²) in [5, 5.41) is 3.56. The molecule has 2 amide bonds. The number of benzene rings is 1. The average molecular weight is 355 g/mol. The SMILES string of the molecule is COC(=O)C[C@@H]1C(=O)NCCN1C(=O)c1cc2cc(C)ccc2nc1C. The monoisotopic (exact) mass is 355 g/mol. The highest BCUT2D eigenvalue weighted by atomic mass is 16.5. The fraction of sp³-hybridized carbons (Fsp3) is 0.368. The third kappa shape index (κ3) is 3.37. The van der Waals surface area contributed by atoms with E-state index in [9.17, 15) is 14.4 Å². The molecule has 0 saturated carbocycles. The van der Waals surface area contributed by atoms with Crippen molar-refractivity contribution in [2.24, 2.45) is 0 Å². The number of hydrogen-bond acceptors (Lipinski definition) is 5. The first-order valence-corrected chi connectivity index (χ1v) is 8.44.